The highest BCUT2D eigenvalue weighted by Crippen LogP contribution is 2.14. The molecule has 0 heterocycles. The third-order valence-corrected chi connectivity index (χ3v) is 2.56. The summed E-state index contributed by atoms with van der Waals surface area (Å²) in [7, 11) is 4.14. The molecule has 3 nitrogen and oxygen atoms in total. The molecule has 0 amide bonds. The molecule has 0 saturated heterocycles. The van der Waals surface area contributed by atoms with Crippen molar-refractivity contribution in [2.75, 3.05) is 32.5 Å². The molecule has 6 heteroatoms. The van der Waals surface area contributed by atoms with Gasteiger partial charge in [0.2, 0.25) is 0 Å². The van der Waals surface area contributed by atoms with Crippen LogP contribution >= 0.6 is 12.2 Å². The van der Waals surface area contributed by atoms with E-state index < -0.39 is 11.6 Å². The average molecular weight is 274 g/mol. The topological polar surface area (TPSA) is 28.5 Å². The molecule has 0 atom stereocenters. The van der Waals surface area contributed by atoms with Gasteiger partial charge in [0.1, 0.15) is 11.6 Å². The Morgan fingerprint density at radius 3 is 2.72 bits per heavy atom. The fourth-order valence-electron chi connectivity index (χ4n) is 1.40. The van der Waals surface area contributed by atoms with E-state index in [0.29, 0.717) is 11.7 Å². The van der Waals surface area contributed by atoms with Gasteiger partial charge in [-0.1, -0.05) is 0 Å². The maximum absolute atomic E-state index is 13.3. The summed E-state index contributed by atoms with van der Waals surface area (Å²) in [6.07, 6.45) is 0.954. The molecule has 0 aliphatic carbocycles. The predicted octanol–water partition coefficient (Wildman–Crippen LogP) is 0.786. The molecular weight excluding hydrogens is 256 g/mol. The van der Waals surface area contributed by atoms with Crippen molar-refractivity contribution in [3.05, 3.63) is 29.8 Å². The first-order chi connectivity index (χ1) is 8.49. The number of hydrogen-bond acceptors (Lipinski definition) is 1. The van der Waals surface area contributed by atoms with E-state index in [1.165, 1.54) is 4.90 Å². The van der Waals surface area contributed by atoms with Crippen LogP contribution in [0.1, 0.15) is 6.42 Å². The minimum absolute atomic E-state index is 0.0470. The molecule has 0 bridgehead atoms. The molecule has 0 aliphatic rings. The van der Waals surface area contributed by atoms with Crippen molar-refractivity contribution in [2.24, 2.45) is 0 Å². The highest BCUT2D eigenvalue weighted by Gasteiger charge is 2.05. The second-order valence-corrected chi connectivity index (χ2v) is 4.72. The Hall–Kier alpha value is -1.27. The molecule has 100 valence electrons. The number of anilines is 1. The van der Waals surface area contributed by atoms with Crippen molar-refractivity contribution >= 4 is 23.0 Å². The third kappa shape index (κ3) is 5.37. The van der Waals surface area contributed by atoms with Gasteiger partial charge in [-0.2, -0.15) is 0 Å². The van der Waals surface area contributed by atoms with Gasteiger partial charge in [0.05, 0.1) is 26.3 Å². The van der Waals surface area contributed by atoms with Gasteiger partial charge in [0, 0.05) is 19.0 Å². The fourth-order valence-corrected chi connectivity index (χ4v) is 1.62. The van der Waals surface area contributed by atoms with Gasteiger partial charge in [-0.3, -0.25) is 0 Å². The Kier molecular flexibility index (Phi) is 5.94. The molecule has 0 unspecified atom stereocenters. The van der Waals surface area contributed by atoms with E-state index in [0.717, 1.165) is 31.2 Å². The van der Waals surface area contributed by atoms with E-state index in [1.54, 1.807) is 0 Å². The fraction of sp³-hybridized carbons (Fsp3) is 0.417. The van der Waals surface area contributed by atoms with Gasteiger partial charge in [-0.25, -0.2) is 8.78 Å². The number of thiocarbonyl (C=S) groups is 1. The van der Waals surface area contributed by atoms with Crippen molar-refractivity contribution in [3.8, 4) is 0 Å². The first-order valence-electron chi connectivity index (χ1n) is 5.78. The SMILES string of the molecule is C[NH+](C)CCCNC(=S)Nc1cc(F)ccc1F. The van der Waals surface area contributed by atoms with Crippen LogP contribution in [0.5, 0.6) is 0 Å². The summed E-state index contributed by atoms with van der Waals surface area (Å²) in [5.41, 5.74) is 0.0470. The lowest BCUT2D eigenvalue weighted by Gasteiger charge is -2.12. The quantitative estimate of drug-likeness (QED) is 0.547. The number of benzene rings is 1. The summed E-state index contributed by atoms with van der Waals surface area (Å²) in [5, 5.41) is 5.89. The maximum atomic E-state index is 13.3. The minimum Gasteiger partial charge on any atom is -0.362 e. The molecule has 1 rings (SSSR count). The van der Waals surface area contributed by atoms with Gasteiger partial charge in [-0.15, -0.1) is 0 Å². The van der Waals surface area contributed by atoms with Crippen molar-refractivity contribution in [1.29, 1.82) is 0 Å². The van der Waals surface area contributed by atoms with E-state index in [2.05, 4.69) is 24.7 Å². The zero-order valence-electron chi connectivity index (χ0n) is 10.5. The smallest absolute Gasteiger partial charge is 0.170 e. The number of hydrogen-bond donors (Lipinski definition) is 3. The lowest BCUT2D eigenvalue weighted by Crippen LogP contribution is -3.05. The van der Waals surface area contributed by atoms with Crippen molar-refractivity contribution in [1.82, 2.24) is 5.32 Å². The average Bonchev–Trinajstić information content (AvgIpc) is 2.29. The zero-order valence-corrected chi connectivity index (χ0v) is 11.3. The molecule has 0 spiro atoms. The Morgan fingerprint density at radius 2 is 2.06 bits per heavy atom. The van der Waals surface area contributed by atoms with Crippen LogP contribution in [0.3, 0.4) is 0 Å². The highest BCUT2D eigenvalue weighted by molar-refractivity contribution is 7.80. The standard InChI is InChI=1S/C12H17F2N3S/c1-17(2)7-3-6-15-12(18)16-11-8-9(13)4-5-10(11)14/h4-5,8H,3,6-7H2,1-2H3,(H2,15,16,18)/p+1. The minimum atomic E-state index is -0.529. The van der Waals surface area contributed by atoms with Gasteiger partial charge in [0.15, 0.2) is 5.11 Å². The lowest BCUT2D eigenvalue weighted by molar-refractivity contribution is -0.858. The van der Waals surface area contributed by atoms with E-state index >= 15 is 0 Å². The van der Waals surface area contributed by atoms with E-state index in [9.17, 15) is 8.78 Å². The Balaban J connectivity index is 2.38. The van der Waals surface area contributed by atoms with Crippen LogP contribution < -0.4 is 15.5 Å². The largest absolute Gasteiger partial charge is 0.362 e. The Labute approximate surface area is 111 Å². The second kappa shape index (κ2) is 7.23. The van der Waals surface area contributed by atoms with Crippen molar-refractivity contribution in [3.63, 3.8) is 0 Å². The molecule has 1 aromatic rings. The van der Waals surface area contributed by atoms with Crippen molar-refractivity contribution in [2.45, 2.75) is 6.42 Å². The van der Waals surface area contributed by atoms with Crippen molar-refractivity contribution < 1.29 is 13.7 Å². The van der Waals surface area contributed by atoms with Crippen LogP contribution in [0.4, 0.5) is 14.5 Å². The summed E-state index contributed by atoms with van der Waals surface area (Å²) < 4.78 is 26.2. The van der Waals surface area contributed by atoms with E-state index in [4.69, 9.17) is 12.2 Å². The number of halogens is 2. The van der Waals surface area contributed by atoms with E-state index in [-0.39, 0.29) is 5.69 Å². The second-order valence-electron chi connectivity index (χ2n) is 4.32. The molecule has 1 aromatic carbocycles. The third-order valence-electron chi connectivity index (χ3n) is 2.32. The summed E-state index contributed by atoms with van der Waals surface area (Å²) in [5.74, 6) is -1.03. The normalized spacial score (nSPS) is 10.5. The van der Waals surface area contributed by atoms with Crippen LogP contribution in [0.25, 0.3) is 0 Å². The Bertz CT molecular complexity index is 410. The molecule has 0 fully saturated rings. The number of nitrogens with one attached hydrogen (secondary N) is 3. The van der Waals surface area contributed by atoms with Crippen LogP contribution in [-0.2, 0) is 0 Å². The summed E-state index contributed by atoms with van der Waals surface area (Å²) >= 11 is 5.00. The van der Waals surface area contributed by atoms with Gasteiger partial charge in [0.25, 0.3) is 0 Å². The first kappa shape index (κ1) is 14.8. The lowest BCUT2D eigenvalue weighted by atomic mass is 10.3. The van der Waals surface area contributed by atoms with Crippen LogP contribution in [0.15, 0.2) is 18.2 Å². The molecule has 0 saturated carbocycles. The summed E-state index contributed by atoms with van der Waals surface area (Å²) in [6, 6.07) is 3.21. The first-order valence-corrected chi connectivity index (χ1v) is 6.19. The van der Waals surface area contributed by atoms with Gasteiger partial charge < -0.3 is 15.5 Å². The predicted molar refractivity (Wildman–Crippen MR) is 72.9 cm³/mol. The van der Waals surface area contributed by atoms with Crippen LogP contribution in [0, 0.1) is 11.6 Å². The maximum Gasteiger partial charge on any atom is 0.170 e. The Morgan fingerprint density at radius 1 is 1.33 bits per heavy atom. The summed E-state index contributed by atoms with van der Waals surface area (Å²) in [6.45, 7) is 1.72. The molecule has 0 aromatic heterocycles. The molecule has 0 radical (unpaired) electrons. The summed E-state index contributed by atoms with van der Waals surface area (Å²) in [4.78, 5) is 1.35. The molecule has 3 N–H and O–H groups in total. The monoisotopic (exact) mass is 274 g/mol. The zero-order chi connectivity index (χ0) is 13.5. The van der Waals surface area contributed by atoms with Gasteiger partial charge in [-0.05, 0) is 24.4 Å². The van der Waals surface area contributed by atoms with Crippen LogP contribution in [-0.4, -0.2) is 32.3 Å². The number of rotatable bonds is 5. The van der Waals surface area contributed by atoms with Crippen LogP contribution in [0.2, 0.25) is 0 Å². The number of quaternary nitrogens is 1. The molecule has 18 heavy (non-hydrogen) atoms. The van der Waals surface area contributed by atoms with Gasteiger partial charge >= 0.3 is 0 Å². The molecular formula is C12H18F2N3S+. The van der Waals surface area contributed by atoms with E-state index in [1.807, 2.05) is 0 Å². The molecule has 0 aliphatic heterocycles. The highest BCUT2D eigenvalue weighted by atomic mass is 32.1.